The summed E-state index contributed by atoms with van der Waals surface area (Å²) in [6, 6.07) is 10.1. The zero-order valence-electron chi connectivity index (χ0n) is 13.6. The summed E-state index contributed by atoms with van der Waals surface area (Å²) in [4.78, 5) is 2.99. The largest absolute Gasteiger partial charge is 0.477 e. The standard InChI is InChI=1S/C8H6N.C5H5.C3H6.2CH3.2ClH.Ti/c1-2-4-8-7(3-1)5-6-9-8;1-2-4-5-3-1;1-3-2;;;;;/h1-5,9H;1-3H,4H2;1-2H3;2*1H3;2*1H;/q2*-1;;2*-1;;;. The molecule has 0 atom stereocenters. The third-order valence-corrected chi connectivity index (χ3v) is 1.98. The summed E-state index contributed by atoms with van der Waals surface area (Å²) in [7, 11) is 0. The van der Waals surface area contributed by atoms with Gasteiger partial charge in [-0.05, 0) is 0 Å². The van der Waals surface area contributed by atoms with E-state index >= 15 is 0 Å². The molecule has 0 spiro atoms. The Morgan fingerprint density at radius 2 is 1.73 bits per heavy atom. The average molecular weight is 374 g/mol. The van der Waals surface area contributed by atoms with Gasteiger partial charge in [0.15, 0.2) is 0 Å². The molecule has 1 aromatic heterocycles. The third kappa shape index (κ3) is 14.3. The summed E-state index contributed by atoms with van der Waals surface area (Å²) in [6.07, 6.45) is 12.9. The van der Waals surface area contributed by atoms with E-state index in [0.29, 0.717) is 0 Å². The first kappa shape index (κ1) is 29.4. The molecule has 2 aromatic rings. The first-order chi connectivity index (χ1) is 8.70. The van der Waals surface area contributed by atoms with Gasteiger partial charge in [-0.3, -0.25) is 6.08 Å². The minimum Gasteiger partial charge on any atom is -0.477 e. The molecule has 22 heavy (non-hydrogen) atoms. The molecule has 0 aliphatic heterocycles. The van der Waals surface area contributed by atoms with Crippen LogP contribution in [0.1, 0.15) is 20.3 Å². The second-order valence-corrected chi connectivity index (χ2v) is 5.57. The van der Waals surface area contributed by atoms with Crippen molar-refractivity contribution in [3.8, 4) is 0 Å². The van der Waals surface area contributed by atoms with Crippen molar-refractivity contribution in [2.24, 2.45) is 0 Å². The number of fused-ring (bicyclic) bond motifs is 1. The van der Waals surface area contributed by atoms with Gasteiger partial charge < -0.3 is 19.8 Å². The van der Waals surface area contributed by atoms with Crippen molar-refractivity contribution in [3.05, 3.63) is 75.7 Å². The molecular formula is C18H25Cl2NTi-4. The molecule has 1 nitrogen and oxygen atoms in total. The number of aromatic nitrogens is 1. The van der Waals surface area contributed by atoms with E-state index in [2.05, 4.69) is 63.2 Å². The Morgan fingerprint density at radius 1 is 1.14 bits per heavy atom. The number of allylic oxidation sites excluding steroid dienone is 4. The average Bonchev–Trinajstić information content (AvgIpc) is 3.03. The Balaban J connectivity index is -0.000000111. The molecule has 0 radical (unpaired) electrons. The van der Waals surface area contributed by atoms with Crippen molar-refractivity contribution in [1.29, 1.82) is 0 Å². The zero-order chi connectivity index (χ0) is 13.2. The van der Waals surface area contributed by atoms with Gasteiger partial charge in [0.2, 0.25) is 0 Å². The molecule has 1 aliphatic carbocycles. The molecule has 0 amide bonds. The van der Waals surface area contributed by atoms with Crippen molar-refractivity contribution in [1.82, 2.24) is 4.98 Å². The van der Waals surface area contributed by atoms with E-state index in [1.54, 1.807) is 0 Å². The molecule has 1 aromatic carbocycles. The maximum atomic E-state index is 2.99. The third-order valence-electron chi connectivity index (χ3n) is 1.98. The molecule has 124 valence electrons. The van der Waals surface area contributed by atoms with Gasteiger partial charge in [-0.2, -0.15) is 17.5 Å². The van der Waals surface area contributed by atoms with Gasteiger partial charge in [0.1, 0.15) is 0 Å². The Bertz CT molecular complexity index is 501. The van der Waals surface area contributed by atoms with Crippen LogP contribution in [-0.2, 0) is 20.0 Å². The normalized spacial score (nSPS) is 9.32. The van der Waals surface area contributed by atoms with Crippen molar-refractivity contribution in [3.63, 3.8) is 0 Å². The van der Waals surface area contributed by atoms with Gasteiger partial charge in [-0.15, -0.1) is 55.1 Å². The van der Waals surface area contributed by atoms with Gasteiger partial charge in [0.25, 0.3) is 0 Å². The van der Waals surface area contributed by atoms with Gasteiger partial charge in [-0.25, -0.2) is 12.2 Å². The number of aromatic amines is 1. The van der Waals surface area contributed by atoms with Gasteiger partial charge in [0, 0.05) is 0 Å². The van der Waals surface area contributed by atoms with Crippen molar-refractivity contribution >= 4 is 39.5 Å². The van der Waals surface area contributed by atoms with Crippen LogP contribution < -0.4 is 0 Å². The summed E-state index contributed by atoms with van der Waals surface area (Å²) in [5.74, 6) is 0. The quantitative estimate of drug-likeness (QED) is 0.446. The summed E-state index contributed by atoms with van der Waals surface area (Å²) >= 11 is 2.08. The number of H-pyrrole nitrogens is 1. The molecule has 0 bridgehead atoms. The second kappa shape index (κ2) is 18.5. The monoisotopic (exact) mass is 373 g/mol. The van der Waals surface area contributed by atoms with Crippen LogP contribution in [0.5, 0.6) is 0 Å². The van der Waals surface area contributed by atoms with E-state index in [1.165, 1.54) is 9.20 Å². The first-order valence-electron chi connectivity index (χ1n) is 5.87. The van der Waals surface area contributed by atoms with Crippen molar-refractivity contribution in [2.45, 2.75) is 20.3 Å². The van der Waals surface area contributed by atoms with Crippen molar-refractivity contribution < 1.29 is 20.0 Å². The number of rotatable bonds is 0. The summed E-state index contributed by atoms with van der Waals surface area (Å²) in [6.45, 7) is 4.17. The van der Waals surface area contributed by atoms with E-state index in [4.69, 9.17) is 0 Å². The van der Waals surface area contributed by atoms with Crippen LogP contribution in [0.3, 0.4) is 0 Å². The maximum Gasteiger partial charge on any atom is -0.0745 e. The number of hydrogen-bond acceptors (Lipinski definition) is 0. The summed E-state index contributed by atoms with van der Waals surface area (Å²) in [5.41, 5.74) is 1.15. The number of nitrogens with one attached hydrogen (secondary N) is 1. The predicted octanol–water partition coefficient (Wildman–Crippen LogP) is 5.76. The van der Waals surface area contributed by atoms with Gasteiger partial charge in [0.05, 0.1) is 0 Å². The SMILES string of the molecule is C[C](C)=[Ti].Cl.Cl.[C-]1=CC=CC1.[CH3-].[CH3-].[c-]1cc2ccccc2[nH]1. The van der Waals surface area contributed by atoms with Crippen LogP contribution in [-0.4, -0.2) is 8.80 Å². The minimum atomic E-state index is 0. The minimum absolute atomic E-state index is 0. The number of hydrogen-bond donors (Lipinski definition) is 1. The van der Waals surface area contributed by atoms with Crippen molar-refractivity contribution in [2.75, 3.05) is 0 Å². The summed E-state index contributed by atoms with van der Waals surface area (Å²) in [5, 5.41) is 1.22. The Kier molecular flexibility index (Phi) is 24.7. The smallest absolute Gasteiger partial charge is 0.0745 e. The fourth-order valence-corrected chi connectivity index (χ4v) is 1.27. The molecule has 1 heterocycles. The van der Waals surface area contributed by atoms with Crippen LogP contribution in [0.25, 0.3) is 10.9 Å². The van der Waals surface area contributed by atoms with E-state index in [9.17, 15) is 0 Å². The molecule has 0 unspecified atom stereocenters. The molecule has 1 aliphatic rings. The molecular weight excluding hydrogens is 349 g/mol. The van der Waals surface area contributed by atoms with Crippen LogP contribution in [0.15, 0.2) is 48.6 Å². The van der Waals surface area contributed by atoms with Gasteiger partial charge in [-0.1, -0.05) is 12.1 Å². The number of para-hydroxylation sites is 1. The van der Waals surface area contributed by atoms with E-state index < -0.39 is 0 Å². The van der Waals surface area contributed by atoms with Crippen LogP contribution >= 0.6 is 24.8 Å². The molecule has 0 fully saturated rings. The van der Waals surface area contributed by atoms with Crippen LogP contribution in [0, 0.1) is 27.1 Å². The molecule has 1 N–H and O–H groups in total. The fourth-order valence-electron chi connectivity index (χ4n) is 1.27. The molecule has 0 saturated heterocycles. The maximum absolute atomic E-state index is 2.99. The number of benzene rings is 1. The molecule has 4 heteroatoms. The number of halogens is 2. The van der Waals surface area contributed by atoms with Crippen LogP contribution in [0.4, 0.5) is 0 Å². The Morgan fingerprint density at radius 3 is 2.14 bits per heavy atom. The van der Waals surface area contributed by atoms with E-state index in [1.807, 2.05) is 36.4 Å². The molecule has 0 saturated carbocycles. The predicted molar refractivity (Wildman–Crippen MR) is 102 cm³/mol. The Labute approximate surface area is 160 Å². The topological polar surface area (TPSA) is 15.8 Å². The second-order valence-electron chi connectivity index (χ2n) is 4.00. The fraction of sp³-hybridized carbons (Fsp3) is 0.167. The summed E-state index contributed by atoms with van der Waals surface area (Å²) < 4.78 is 1.42. The first-order valence-corrected chi connectivity index (χ1v) is 6.65. The van der Waals surface area contributed by atoms with E-state index in [0.717, 1.165) is 11.9 Å². The zero-order valence-corrected chi connectivity index (χ0v) is 16.8. The Hall–Kier alpha value is -0.596. The van der Waals surface area contributed by atoms with Gasteiger partial charge >= 0.3 is 37.6 Å². The van der Waals surface area contributed by atoms with Crippen LogP contribution in [0.2, 0.25) is 0 Å². The molecule has 3 rings (SSSR count). The van der Waals surface area contributed by atoms with E-state index in [-0.39, 0.29) is 39.7 Å².